The van der Waals surface area contributed by atoms with Crippen LogP contribution in [0.3, 0.4) is 0 Å². The SMILES string of the molecule is CC(C)C1CCC(C)(OCC(=O)C=O)CC1. The van der Waals surface area contributed by atoms with E-state index in [4.69, 9.17) is 4.74 Å². The Balaban J connectivity index is 2.38. The van der Waals surface area contributed by atoms with Crippen LogP contribution in [0.2, 0.25) is 0 Å². The number of hydrogen-bond donors (Lipinski definition) is 0. The fourth-order valence-electron chi connectivity index (χ4n) is 2.34. The molecule has 0 bridgehead atoms. The monoisotopic (exact) mass is 226 g/mol. The lowest BCUT2D eigenvalue weighted by molar-refractivity contribution is -0.139. The minimum absolute atomic E-state index is 0.0631. The number of Topliss-reactive ketones (excluding diaryl/α,β-unsaturated/α-hetero) is 1. The molecule has 0 aliphatic heterocycles. The summed E-state index contributed by atoms with van der Waals surface area (Å²) in [5.74, 6) is 1.03. The van der Waals surface area contributed by atoms with E-state index in [1.807, 2.05) is 6.92 Å². The second kappa shape index (κ2) is 5.58. The fraction of sp³-hybridized carbons (Fsp3) is 0.846. The predicted molar refractivity (Wildman–Crippen MR) is 62.2 cm³/mol. The molecule has 0 heterocycles. The summed E-state index contributed by atoms with van der Waals surface area (Å²) in [5.41, 5.74) is -0.204. The molecule has 16 heavy (non-hydrogen) atoms. The zero-order valence-electron chi connectivity index (χ0n) is 10.5. The fourth-order valence-corrected chi connectivity index (χ4v) is 2.34. The van der Waals surface area contributed by atoms with Crippen LogP contribution >= 0.6 is 0 Å². The molecule has 1 fully saturated rings. The molecule has 3 nitrogen and oxygen atoms in total. The van der Waals surface area contributed by atoms with Gasteiger partial charge in [-0.05, 0) is 44.4 Å². The third-order valence-corrected chi connectivity index (χ3v) is 3.73. The topological polar surface area (TPSA) is 43.4 Å². The average molecular weight is 226 g/mol. The minimum Gasteiger partial charge on any atom is -0.367 e. The molecule has 0 unspecified atom stereocenters. The lowest BCUT2D eigenvalue weighted by Gasteiger charge is -2.38. The minimum atomic E-state index is -0.466. The summed E-state index contributed by atoms with van der Waals surface area (Å²) in [6, 6.07) is 0. The van der Waals surface area contributed by atoms with E-state index in [-0.39, 0.29) is 12.2 Å². The highest BCUT2D eigenvalue weighted by atomic mass is 16.5. The van der Waals surface area contributed by atoms with Gasteiger partial charge >= 0.3 is 0 Å². The average Bonchev–Trinajstić information content (AvgIpc) is 2.26. The van der Waals surface area contributed by atoms with Crippen molar-refractivity contribution in [1.82, 2.24) is 0 Å². The van der Waals surface area contributed by atoms with Crippen LogP contribution in [-0.4, -0.2) is 24.3 Å². The zero-order valence-corrected chi connectivity index (χ0v) is 10.5. The Labute approximate surface area is 97.5 Å². The Morgan fingerprint density at radius 2 is 2.00 bits per heavy atom. The second-order valence-electron chi connectivity index (χ2n) is 5.40. The van der Waals surface area contributed by atoms with Crippen LogP contribution < -0.4 is 0 Å². The molecule has 0 amide bonds. The van der Waals surface area contributed by atoms with Crippen LogP contribution in [0.5, 0.6) is 0 Å². The molecule has 3 heteroatoms. The lowest BCUT2D eigenvalue weighted by atomic mass is 9.75. The van der Waals surface area contributed by atoms with Crippen molar-refractivity contribution >= 4 is 12.1 Å². The van der Waals surface area contributed by atoms with E-state index < -0.39 is 5.78 Å². The Bertz CT molecular complexity index is 250. The Morgan fingerprint density at radius 1 is 1.44 bits per heavy atom. The van der Waals surface area contributed by atoms with Gasteiger partial charge in [0.1, 0.15) is 6.61 Å². The molecule has 0 aromatic rings. The van der Waals surface area contributed by atoms with Gasteiger partial charge in [0, 0.05) is 0 Å². The predicted octanol–water partition coefficient (Wildman–Crippen LogP) is 2.38. The molecule has 0 atom stereocenters. The van der Waals surface area contributed by atoms with Crippen molar-refractivity contribution < 1.29 is 14.3 Å². The first-order valence-electron chi connectivity index (χ1n) is 6.09. The van der Waals surface area contributed by atoms with Crippen LogP contribution in [0.4, 0.5) is 0 Å². The molecular weight excluding hydrogens is 204 g/mol. The third-order valence-electron chi connectivity index (χ3n) is 3.73. The van der Waals surface area contributed by atoms with Gasteiger partial charge in [-0.1, -0.05) is 13.8 Å². The number of hydrogen-bond acceptors (Lipinski definition) is 3. The number of ether oxygens (including phenoxy) is 1. The first-order valence-corrected chi connectivity index (χ1v) is 6.09. The molecule has 0 aromatic carbocycles. The number of ketones is 1. The highest BCUT2D eigenvalue weighted by molar-refractivity contribution is 6.25. The van der Waals surface area contributed by atoms with E-state index in [0.717, 1.165) is 37.5 Å². The first-order chi connectivity index (χ1) is 7.47. The summed E-state index contributed by atoms with van der Waals surface area (Å²) < 4.78 is 5.57. The quantitative estimate of drug-likeness (QED) is 0.534. The van der Waals surface area contributed by atoms with Crippen LogP contribution in [0.1, 0.15) is 46.5 Å². The normalized spacial score (nSPS) is 30.4. The van der Waals surface area contributed by atoms with Gasteiger partial charge in [0.15, 0.2) is 6.29 Å². The van der Waals surface area contributed by atoms with Crippen molar-refractivity contribution in [3.05, 3.63) is 0 Å². The van der Waals surface area contributed by atoms with Crippen molar-refractivity contribution in [3.63, 3.8) is 0 Å². The summed E-state index contributed by atoms with van der Waals surface area (Å²) in [6.07, 6.45) is 4.62. The largest absolute Gasteiger partial charge is 0.367 e. The van der Waals surface area contributed by atoms with Gasteiger partial charge in [0.25, 0.3) is 0 Å². The number of carbonyl (C=O) groups excluding carboxylic acids is 2. The van der Waals surface area contributed by atoms with E-state index in [2.05, 4.69) is 13.8 Å². The Hall–Kier alpha value is -0.700. The maximum Gasteiger partial charge on any atom is 0.220 e. The van der Waals surface area contributed by atoms with Crippen molar-refractivity contribution in [3.8, 4) is 0 Å². The maximum atomic E-state index is 10.9. The van der Waals surface area contributed by atoms with Crippen LogP contribution in [0.25, 0.3) is 0 Å². The Morgan fingerprint density at radius 3 is 2.44 bits per heavy atom. The Kier molecular flexibility index (Phi) is 4.66. The van der Waals surface area contributed by atoms with Gasteiger partial charge in [-0.15, -0.1) is 0 Å². The van der Waals surface area contributed by atoms with Crippen LogP contribution in [-0.2, 0) is 14.3 Å². The van der Waals surface area contributed by atoms with Gasteiger partial charge in [-0.3, -0.25) is 9.59 Å². The summed E-state index contributed by atoms with van der Waals surface area (Å²) in [5, 5.41) is 0. The molecule has 0 radical (unpaired) electrons. The summed E-state index contributed by atoms with van der Waals surface area (Å²) in [4.78, 5) is 21.1. The van der Waals surface area contributed by atoms with E-state index in [0.29, 0.717) is 6.29 Å². The van der Waals surface area contributed by atoms with Gasteiger partial charge in [-0.2, -0.15) is 0 Å². The lowest BCUT2D eigenvalue weighted by Crippen LogP contribution is -2.36. The molecule has 1 aliphatic carbocycles. The molecular formula is C13H22O3. The number of rotatable bonds is 5. The zero-order chi connectivity index (χ0) is 12.2. The summed E-state index contributed by atoms with van der Waals surface area (Å²) in [6.45, 7) is 6.49. The summed E-state index contributed by atoms with van der Waals surface area (Å²) >= 11 is 0. The van der Waals surface area contributed by atoms with E-state index in [1.165, 1.54) is 0 Å². The molecule has 0 aromatic heterocycles. The molecule has 0 saturated heterocycles. The van der Waals surface area contributed by atoms with Crippen molar-refractivity contribution in [2.24, 2.45) is 11.8 Å². The van der Waals surface area contributed by atoms with Gasteiger partial charge in [0.2, 0.25) is 5.78 Å². The van der Waals surface area contributed by atoms with E-state index >= 15 is 0 Å². The molecule has 0 N–H and O–H groups in total. The summed E-state index contributed by atoms with van der Waals surface area (Å²) in [7, 11) is 0. The van der Waals surface area contributed by atoms with Crippen molar-refractivity contribution in [2.45, 2.75) is 52.1 Å². The third kappa shape index (κ3) is 3.71. The van der Waals surface area contributed by atoms with Crippen LogP contribution in [0.15, 0.2) is 0 Å². The highest BCUT2D eigenvalue weighted by Crippen LogP contribution is 2.37. The van der Waals surface area contributed by atoms with E-state index in [1.54, 1.807) is 0 Å². The maximum absolute atomic E-state index is 10.9. The van der Waals surface area contributed by atoms with Crippen molar-refractivity contribution in [1.29, 1.82) is 0 Å². The van der Waals surface area contributed by atoms with Crippen molar-refractivity contribution in [2.75, 3.05) is 6.61 Å². The molecule has 1 aliphatic rings. The molecule has 1 saturated carbocycles. The number of aldehydes is 1. The highest BCUT2D eigenvalue weighted by Gasteiger charge is 2.33. The first kappa shape index (κ1) is 13.4. The second-order valence-corrected chi connectivity index (χ2v) is 5.40. The van der Waals surface area contributed by atoms with Gasteiger partial charge in [-0.25, -0.2) is 0 Å². The molecule has 0 spiro atoms. The number of carbonyl (C=O) groups is 2. The van der Waals surface area contributed by atoms with Crippen LogP contribution in [0, 0.1) is 11.8 Å². The van der Waals surface area contributed by atoms with Gasteiger partial charge in [0.05, 0.1) is 5.60 Å². The standard InChI is InChI=1S/C13H22O3/c1-10(2)11-4-6-13(3,7-5-11)16-9-12(15)8-14/h8,10-11H,4-7,9H2,1-3H3. The smallest absolute Gasteiger partial charge is 0.220 e. The van der Waals surface area contributed by atoms with E-state index in [9.17, 15) is 9.59 Å². The molecule has 1 rings (SSSR count). The van der Waals surface area contributed by atoms with Gasteiger partial charge < -0.3 is 4.74 Å². The molecule has 92 valence electrons.